The van der Waals surface area contributed by atoms with Crippen LogP contribution in [0.15, 0.2) is 0 Å². The zero-order valence-electron chi connectivity index (χ0n) is 23.8. The summed E-state index contributed by atoms with van der Waals surface area (Å²) in [5.41, 5.74) is 4.22. The lowest BCUT2D eigenvalue weighted by atomic mass is 9.83. The zero-order chi connectivity index (χ0) is 25.3. The topological polar surface area (TPSA) is 41.5 Å². The average molecular weight is 474 g/mol. The van der Waals surface area contributed by atoms with Gasteiger partial charge in [0, 0.05) is 17.7 Å². The van der Waals surface area contributed by atoms with Gasteiger partial charge in [-0.15, -0.1) is 0 Å². The quantitative estimate of drug-likeness (QED) is 0.268. The van der Waals surface area contributed by atoms with Gasteiger partial charge in [0.25, 0.3) is 0 Å². The molecular weight excluding hydrogens is 418 g/mol. The molecule has 1 aromatic carbocycles. The predicted octanol–water partition coefficient (Wildman–Crippen LogP) is 8.64. The normalized spacial score (nSPS) is 19.7. The van der Waals surface area contributed by atoms with E-state index in [-0.39, 0.29) is 5.60 Å². The van der Waals surface area contributed by atoms with Crippen LogP contribution in [0.3, 0.4) is 0 Å². The number of hydrogen-bond acceptors (Lipinski definition) is 3. The van der Waals surface area contributed by atoms with Gasteiger partial charge in [-0.25, -0.2) is 0 Å². The van der Waals surface area contributed by atoms with E-state index in [1.807, 2.05) is 6.92 Å². The van der Waals surface area contributed by atoms with Gasteiger partial charge in [0.2, 0.25) is 0 Å². The van der Waals surface area contributed by atoms with Gasteiger partial charge < -0.3 is 15.2 Å². The van der Waals surface area contributed by atoms with Crippen molar-refractivity contribution in [1.82, 2.24) is 5.32 Å². The van der Waals surface area contributed by atoms with E-state index in [4.69, 9.17) is 4.74 Å². The van der Waals surface area contributed by atoms with Crippen LogP contribution in [0.5, 0.6) is 11.5 Å². The van der Waals surface area contributed by atoms with Gasteiger partial charge in [0.15, 0.2) is 0 Å². The Morgan fingerprint density at radius 1 is 0.912 bits per heavy atom. The van der Waals surface area contributed by atoms with Crippen LogP contribution in [0.25, 0.3) is 0 Å². The molecule has 0 amide bonds. The molecule has 0 aromatic heterocycles. The van der Waals surface area contributed by atoms with Crippen molar-refractivity contribution in [3.63, 3.8) is 0 Å². The van der Waals surface area contributed by atoms with Gasteiger partial charge in [-0.3, -0.25) is 0 Å². The number of hydrogen-bond donors (Lipinski definition) is 2. The third-order valence-electron chi connectivity index (χ3n) is 8.26. The molecule has 3 heteroatoms. The third-order valence-corrected chi connectivity index (χ3v) is 8.26. The van der Waals surface area contributed by atoms with Crippen molar-refractivity contribution >= 4 is 0 Å². The molecule has 1 heterocycles. The minimum Gasteiger partial charge on any atom is -0.507 e. The molecule has 0 fully saturated rings. The van der Waals surface area contributed by atoms with Gasteiger partial charge in [-0.05, 0) is 81.9 Å². The zero-order valence-corrected chi connectivity index (χ0v) is 23.8. The summed E-state index contributed by atoms with van der Waals surface area (Å²) in [7, 11) is 0. The summed E-state index contributed by atoms with van der Waals surface area (Å²) in [5, 5.41) is 14.2. The average Bonchev–Trinajstić information content (AvgIpc) is 2.77. The number of phenolic OH excluding ortho intramolecular Hbond substituents is 1. The first-order chi connectivity index (χ1) is 16.1. The maximum atomic E-state index is 10.8. The summed E-state index contributed by atoms with van der Waals surface area (Å²) in [6.07, 6.45) is 14.0. The first kappa shape index (κ1) is 29.0. The van der Waals surface area contributed by atoms with E-state index in [2.05, 4.69) is 53.8 Å². The van der Waals surface area contributed by atoms with E-state index in [9.17, 15) is 5.11 Å². The number of nitrogens with one attached hydrogen (secondary N) is 1. The molecule has 0 spiro atoms. The fourth-order valence-electron chi connectivity index (χ4n) is 5.59. The Labute approximate surface area is 211 Å². The van der Waals surface area contributed by atoms with Gasteiger partial charge in [-0.1, -0.05) is 79.6 Å². The monoisotopic (exact) mass is 473 g/mol. The van der Waals surface area contributed by atoms with Crippen molar-refractivity contribution in [1.29, 1.82) is 0 Å². The molecule has 2 N–H and O–H groups in total. The van der Waals surface area contributed by atoms with Crippen molar-refractivity contribution < 1.29 is 9.84 Å². The lowest BCUT2D eigenvalue weighted by molar-refractivity contribution is 0.0510. The lowest BCUT2D eigenvalue weighted by Crippen LogP contribution is -2.37. The Bertz CT molecular complexity index is 757. The van der Waals surface area contributed by atoms with Crippen molar-refractivity contribution in [2.24, 2.45) is 17.8 Å². The molecule has 1 aliphatic rings. The van der Waals surface area contributed by atoms with Crippen LogP contribution in [0.1, 0.15) is 128 Å². The molecule has 3 nitrogen and oxygen atoms in total. The Hall–Kier alpha value is -1.22. The van der Waals surface area contributed by atoms with Crippen LogP contribution in [0, 0.1) is 31.6 Å². The maximum Gasteiger partial charge on any atom is 0.127 e. The van der Waals surface area contributed by atoms with E-state index >= 15 is 0 Å². The predicted molar refractivity (Wildman–Crippen MR) is 147 cm³/mol. The molecule has 2 rings (SSSR count). The van der Waals surface area contributed by atoms with Crippen LogP contribution in [-0.4, -0.2) is 17.3 Å². The Balaban J connectivity index is 1.82. The van der Waals surface area contributed by atoms with Crippen LogP contribution < -0.4 is 10.1 Å². The number of fused-ring (bicyclic) bond motifs is 1. The first-order valence-electron chi connectivity index (χ1n) is 14.3. The van der Waals surface area contributed by atoms with Gasteiger partial charge >= 0.3 is 0 Å². The molecule has 34 heavy (non-hydrogen) atoms. The van der Waals surface area contributed by atoms with Crippen molar-refractivity contribution in [3.8, 4) is 11.5 Å². The Morgan fingerprint density at radius 3 is 2.09 bits per heavy atom. The van der Waals surface area contributed by atoms with Gasteiger partial charge in [0.05, 0.1) is 0 Å². The maximum absolute atomic E-state index is 10.8. The van der Waals surface area contributed by atoms with Crippen LogP contribution >= 0.6 is 0 Å². The third kappa shape index (κ3) is 8.47. The second-order valence-electron chi connectivity index (χ2n) is 12.1. The fraction of sp³-hybridized carbons (Fsp3) is 0.806. The van der Waals surface area contributed by atoms with Gasteiger partial charge in [-0.2, -0.15) is 0 Å². The Kier molecular flexibility index (Phi) is 11.7. The smallest absolute Gasteiger partial charge is 0.127 e. The first-order valence-corrected chi connectivity index (χ1v) is 14.3. The summed E-state index contributed by atoms with van der Waals surface area (Å²) >= 11 is 0. The largest absolute Gasteiger partial charge is 0.507 e. The molecule has 0 radical (unpaired) electrons. The summed E-state index contributed by atoms with van der Waals surface area (Å²) in [6, 6.07) is 0. The second-order valence-corrected chi connectivity index (χ2v) is 12.1. The summed E-state index contributed by atoms with van der Waals surface area (Å²) in [4.78, 5) is 0. The molecule has 1 aromatic rings. The molecule has 3 atom stereocenters. The molecule has 3 unspecified atom stereocenters. The highest BCUT2D eigenvalue weighted by molar-refractivity contribution is 5.58. The van der Waals surface area contributed by atoms with E-state index in [1.54, 1.807) is 0 Å². The highest BCUT2D eigenvalue weighted by atomic mass is 16.5. The number of ether oxygens (including phenoxy) is 1. The van der Waals surface area contributed by atoms with Crippen molar-refractivity contribution in [2.45, 2.75) is 138 Å². The number of benzene rings is 1. The van der Waals surface area contributed by atoms with E-state index in [0.29, 0.717) is 12.3 Å². The minimum absolute atomic E-state index is 0.0960. The van der Waals surface area contributed by atoms with Crippen LogP contribution in [-0.2, 0) is 13.0 Å². The van der Waals surface area contributed by atoms with Crippen LogP contribution in [0.2, 0.25) is 0 Å². The van der Waals surface area contributed by atoms with E-state index < -0.39 is 0 Å². The molecule has 0 saturated carbocycles. The lowest BCUT2D eigenvalue weighted by Gasteiger charge is -2.38. The number of phenols is 1. The Morgan fingerprint density at radius 2 is 1.50 bits per heavy atom. The molecule has 196 valence electrons. The standard InChI is InChI=1S/C31H55NO2/c1-9-32-21-28-27-18-20-31(8,34-30(27)26(7)25(6)29(28)33)19-12-17-24(5)16-11-15-23(4)14-10-13-22(2)3/h22-24,32-33H,9-21H2,1-8H3. The van der Waals surface area contributed by atoms with Crippen molar-refractivity contribution in [3.05, 3.63) is 22.3 Å². The van der Waals surface area contributed by atoms with Crippen LogP contribution in [0.4, 0.5) is 0 Å². The second kappa shape index (κ2) is 13.8. The van der Waals surface area contributed by atoms with E-state index in [1.165, 1.54) is 56.9 Å². The minimum atomic E-state index is -0.0960. The highest BCUT2D eigenvalue weighted by Crippen LogP contribution is 2.45. The molecule has 1 aliphatic heterocycles. The summed E-state index contributed by atoms with van der Waals surface area (Å²) < 4.78 is 6.72. The summed E-state index contributed by atoms with van der Waals surface area (Å²) in [5.74, 6) is 4.01. The molecular formula is C31H55NO2. The summed E-state index contributed by atoms with van der Waals surface area (Å²) in [6.45, 7) is 19.7. The molecule has 0 bridgehead atoms. The van der Waals surface area contributed by atoms with Gasteiger partial charge in [0.1, 0.15) is 17.1 Å². The number of rotatable bonds is 15. The number of aromatic hydroxyl groups is 1. The SMILES string of the molecule is CCNCc1c(O)c(C)c(C)c2c1CCC(C)(CCCC(C)CCCC(C)CCCC(C)C)O2. The molecule has 0 aliphatic carbocycles. The molecule has 0 saturated heterocycles. The van der Waals surface area contributed by atoms with E-state index in [0.717, 1.165) is 66.0 Å². The fourth-order valence-corrected chi connectivity index (χ4v) is 5.59. The highest BCUT2D eigenvalue weighted by Gasteiger charge is 2.34. The van der Waals surface area contributed by atoms with Crippen molar-refractivity contribution in [2.75, 3.05) is 6.54 Å².